The molecule has 0 aliphatic rings. The summed E-state index contributed by atoms with van der Waals surface area (Å²) in [5.74, 6) is 0.123. The molecule has 0 aliphatic carbocycles. The van der Waals surface area contributed by atoms with Crippen LogP contribution in [0, 0.1) is 0 Å². The highest BCUT2D eigenvalue weighted by Crippen LogP contribution is 2.24. The predicted molar refractivity (Wildman–Crippen MR) is 80.1 cm³/mol. The maximum absolute atomic E-state index is 12.3. The van der Waals surface area contributed by atoms with Crippen LogP contribution in [0.3, 0.4) is 0 Å². The molecule has 0 radical (unpaired) electrons. The van der Waals surface area contributed by atoms with Gasteiger partial charge in [-0.05, 0) is 35.9 Å². The second-order valence-electron chi connectivity index (χ2n) is 4.36. The molecule has 0 aliphatic heterocycles. The van der Waals surface area contributed by atoms with E-state index in [-0.39, 0.29) is 5.75 Å². The molecule has 0 bridgehead atoms. The molecule has 2 nitrogen and oxygen atoms in total. The van der Waals surface area contributed by atoms with E-state index in [1.165, 1.54) is 12.1 Å². The SMILES string of the molecule is FC(F)Oc1ccc(Cl)cc1CNCc1ccc(Cl)cc1. The number of hydrogen-bond acceptors (Lipinski definition) is 2. The summed E-state index contributed by atoms with van der Waals surface area (Å²) in [6.45, 7) is -1.91. The van der Waals surface area contributed by atoms with Gasteiger partial charge >= 0.3 is 6.61 Å². The lowest BCUT2D eigenvalue weighted by Crippen LogP contribution is -2.14. The number of hydrogen-bond donors (Lipinski definition) is 1. The topological polar surface area (TPSA) is 21.3 Å². The summed E-state index contributed by atoms with van der Waals surface area (Å²) in [6, 6.07) is 11.9. The van der Waals surface area contributed by atoms with Gasteiger partial charge in [-0.1, -0.05) is 35.3 Å². The quantitative estimate of drug-likeness (QED) is 0.814. The fraction of sp³-hybridized carbons (Fsp3) is 0.200. The summed E-state index contributed by atoms with van der Waals surface area (Å²) < 4.78 is 29.1. The van der Waals surface area contributed by atoms with Crippen molar-refractivity contribution in [3.63, 3.8) is 0 Å². The Hall–Kier alpha value is -1.36. The molecule has 6 heteroatoms. The molecule has 112 valence electrons. The zero-order valence-corrected chi connectivity index (χ0v) is 12.5. The molecule has 0 spiro atoms. The third-order valence-corrected chi connectivity index (χ3v) is 3.28. The van der Waals surface area contributed by atoms with E-state index in [0.29, 0.717) is 28.7 Å². The van der Waals surface area contributed by atoms with Crippen molar-refractivity contribution < 1.29 is 13.5 Å². The van der Waals surface area contributed by atoms with Crippen LogP contribution in [0.5, 0.6) is 5.75 Å². The molecule has 0 aromatic heterocycles. The maximum atomic E-state index is 12.3. The van der Waals surface area contributed by atoms with Crippen LogP contribution in [0.2, 0.25) is 10.0 Å². The third-order valence-electron chi connectivity index (χ3n) is 2.80. The Labute approximate surface area is 131 Å². The van der Waals surface area contributed by atoms with Crippen molar-refractivity contribution in [3.8, 4) is 5.75 Å². The lowest BCUT2D eigenvalue weighted by Gasteiger charge is -2.12. The van der Waals surface area contributed by atoms with Crippen molar-refractivity contribution in [3.05, 3.63) is 63.6 Å². The molecule has 21 heavy (non-hydrogen) atoms. The van der Waals surface area contributed by atoms with Crippen LogP contribution in [0.1, 0.15) is 11.1 Å². The number of alkyl halides is 2. The molecule has 0 saturated carbocycles. The third kappa shape index (κ3) is 5.16. The number of nitrogens with one attached hydrogen (secondary N) is 1. The molecule has 2 rings (SSSR count). The van der Waals surface area contributed by atoms with Gasteiger partial charge in [-0.25, -0.2) is 0 Å². The molecule has 2 aromatic carbocycles. The molecule has 0 saturated heterocycles. The summed E-state index contributed by atoms with van der Waals surface area (Å²) in [7, 11) is 0. The Kier molecular flexibility index (Phi) is 5.79. The van der Waals surface area contributed by atoms with Gasteiger partial charge in [0.15, 0.2) is 0 Å². The smallest absolute Gasteiger partial charge is 0.387 e. The van der Waals surface area contributed by atoms with Crippen LogP contribution in [-0.4, -0.2) is 6.61 Å². The van der Waals surface area contributed by atoms with Gasteiger partial charge < -0.3 is 10.1 Å². The van der Waals surface area contributed by atoms with E-state index < -0.39 is 6.61 Å². The van der Waals surface area contributed by atoms with Crippen LogP contribution < -0.4 is 10.1 Å². The van der Waals surface area contributed by atoms with E-state index in [4.69, 9.17) is 23.2 Å². The fourth-order valence-electron chi connectivity index (χ4n) is 1.84. The second-order valence-corrected chi connectivity index (χ2v) is 5.23. The molecular formula is C15H13Cl2F2NO. The van der Waals surface area contributed by atoms with Crippen LogP contribution in [0.4, 0.5) is 8.78 Å². The van der Waals surface area contributed by atoms with Gasteiger partial charge in [0.05, 0.1) is 0 Å². The van der Waals surface area contributed by atoms with Crippen molar-refractivity contribution in [2.24, 2.45) is 0 Å². The van der Waals surface area contributed by atoms with Gasteiger partial charge in [-0.15, -0.1) is 0 Å². The maximum Gasteiger partial charge on any atom is 0.387 e. The zero-order valence-electron chi connectivity index (χ0n) is 11.0. The highest BCUT2D eigenvalue weighted by molar-refractivity contribution is 6.30. The minimum Gasteiger partial charge on any atom is -0.434 e. The van der Waals surface area contributed by atoms with E-state index in [2.05, 4.69) is 10.1 Å². The van der Waals surface area contributed by atoms with Crippen LogP contribution in [-0.2, 0) is 13.1 Å². The summed E-state index contributed by atoms with van der Waals surface area (Å²) in [6.07, 6.45) is 0. The standard InChI is InChI=1S/C15H13Cl2F2NO/c16-12-3-1-10(2-4-12)8-20-9-11-7-13(17)5-6-14(11)21-15(18)19/h1-7,15,20H,8-9H2. The van der Waals surface area contributed by atoms with Crippen molar-refractivity contribution >= 4 is 23.2 Å². The largest absolute Gasteiger partial charge is 0.434 e. The van der Waals surface area contributed by atoms with Crippen molar-refractivity contribution in [1.82, 2.24) is 5.32 Å². The van der Waals surface area contributed by atoms with E-state index in [9.17, 15) is 8.78 Å². The molecular weight excluding hydrogens is 319 g/mol. The summed E-state index contributed by atoms with van der Waals surface area (Å²) >= 11 is 11.7. The first-order chi connectivity index (χ1) is 10.0. The molecule has 0 heterocycles. The van der Waals surface area contributed by atoms with Crippen LogP contribution >= 0.6 is 23.2 Å². The highest BCUT2D eigenvalue weighted by atomic mass is 35.5. The Morgan fingerprint density at radius 3 is 2.29 bits per heavy atom. The van der Waals surface area contributed by atoms with Gasteiger partial charge in [0, 0.05) is 28.7 Å². The molecule has 0 fully saturated rings. The minimum atomic E-state index is -2.86. The predicted octanol–water partition coefficient (Wildman–Crippen LogP) is 4.88. The Morgan fingerprint density at radius 1 is 0.952 bits per heavy atom. The monoisotopic (exact) mass is 331 g/mol. The summed E-state index contributed by atoms with van der Waals surface area (Å²) in [4.78, 5) is 0. The van der Waals surface area contributed by atoms with Gasteiger partial charge in [-0.3, -0.25) is 0 Å². The number of ether oxygens (including phenoxy) is 1. The summed E-state index contributed by atoms with van der Waals surface area (Å²) in [5, 5.41) is 4.29. The Balaban J connectivity index is 1.98. The van der Waals surface area contributed by atoms with Crippen LogP contribution in [0.15, 0.2) is 42.5 Å². The molecule has 0 atom stereocenters. The zero-order chi connectivity index (χ0) is 15.2. The van der Waals surface area contributed by atoms with E-state index in [0.717, 1.165) is 5.56 Å². The Morgan fingerprint density at radius 2 is 1.62 bits per heavy atom. The number of benzene rings is 2. The molecule has 0 unspecified atom stereocenters. The van der Waals surface area contributed by atoms with E-state index in [1.807, 2.05) is 12.1 Å². The first kappa shape index (κ1) is 16.0. The van der Waals surface area contributed by atoms with Crippen molar-refractivity contribution in [2.75, 3.05) is 0 Å². The van der Waals surface area contributed by atoms with Gasteiger partial charge in [0.1, 0.15) is 5.75 Å². The molecule has 0 amide bonds. The Bertz CT molecular complexity index is 591. The highest BCUT2D eigenvalue weighted by Gasteiger charge is 2.10. The fourth-order valence-corrected chi connectivity index (χ4v) is 2.16. The van der Waals surface area contributed by atoms with Gasteiger partial charge in [-0.2, -0.15) is 8.78 Å². The molecule has 2 aromatic rings. The number of halogens is 4. The first-order valence-corrected chi connectivity index (χ1v) is 6.98. The lowest BCUT2D eigenvalue weighted by molar-refractivity contribution is -0.0505. The van der Waals surface area contributed by atoms with Crippen molar-refractivity contribution in [1.29, 1.82) is 0 Å². The first-order valence-electron chi connectivity index (χ1n) is 6.23. The normalized spacial score (nSPS) is 10.9. The van der Waals surface area contributed by atoms with E-state index in [1.54, 1.807) is 18.2 Å². The minimum absolute atomic E-state index is 0.123. The average Bonchev–Trinajstić information content (AvgIpc) is 2.43. The van der Waals surface area contributed by atoms with Crippen molar-refractivity contribution in [2.45, 2.75) is 19.7 Å². The summed E-state index contributed by atoms with van der Waals surface area (Å²) in [5.41, 5.74) is 1.62. The number of rotatable bonds is 6. The van der Waals surface area contributed by atoms with Gasteiger partial charge in [0.25, 0.3) is 0 Å². The second kappa shape index (κ2) is 7.59. The van der Waals surface area contributed by atoms with E-state index >= 15 is 0 Å². The van der Waals surface area contributed by atoms with Gasteiger partial charge in [0.2, 0.25) is 0 Å². The van der Waals surface area contributed by atoms with Crippen LogP contribution in [0.25, 0.3) is 0 Å². The average molecular weight is 332 g/mol. The molecule has 1 N–H and O–H groups in total. The lowest BCUT2D eigenvalue weighted by atomic mass is 10.2.